The first-order valence-electron chi connectivity index (χ1n) is 8.37. The number of carbonyl (C=O) groups excluding carboxylic acids is 1. The van der Waals surface area contributed by atoms with Gasteiger partial charge in [0.1, 0.15) is 0 Å². The molecule has 140 valence electrons. The van der Waals surface area contributed by atoms with Gasteiger partial charge in [0.2, 0.25) is 0 Å². The lowest BCUT2D eigenvalue weighted by atomic mass is 9.81. The molecule has 1 aliphatic carbocycles. The highest BCUT2D eigenvalue weighted by Gasteiger charge is 2.56. The first-order valence-corrected chi connectivity index (χ1v) is 8.75. The van der Waals surface area contributed by atoms with Crippen LogP contribution in [0.25, 0.3) is 0 Å². The van der Waals surface area contributed by atoms with Crippen molar-refractivity contribution in [3.05, 3.63) is 33.3 Å². The third-order valence-electron chi connectivity index (χ3n) is 5.38. The lowest BCUT2D eigenvalue weighted by Crippen LogP contribution is -2.42. The maximum Gasteiger partial charge on any atom is 0.312 e. The van der Waals surface area contributed by atoms with Crippen LogP contribution in [0.3, 0.4) is 0 Å². The van der Waals surface area contributed by atoms with E-state index >= 15 is 0 Å². The summed E-state index contributed by atoms with van der Waals surface area (Å²) in [5.74, 6) is -1.34. The van der Waals surface area contributed by atoms with Crippen LogP contribution in [-0.4, -0.2) is 46.0 Å². The monoisotopic (exact) mass is 382 g/mol. The molecule has 2 aliphatic rings. The molecule has 1 aromatic carbocycles. The van der Waals surface area contributed by atoms with Gasteiger partial charge in [0.05, 0.1) is 10.3 Å². The van der Waals surface area contributed by atoms with Crippen LogP contribution in [0.5, 0.6) is 5.75 Å². The number of nitro benzene ring substituents is 1. The number of amides is 1. The number of aliphatic carboxylic acids is 1. The first kappa shape index (κ1) is 18.4. The number of carboxylic acids is 1. The van der Waals surface area contributed by atoms with Gasteiger partial charge in [-0.25, -0.2) is 0 Å². The highest BCUT2D eigenvalue weighted by molar-refractivity contribution is 6.30. The second-order valence-electron chi connectivity index (χ2n) is 6.90. The van der Waals surface area contributed by atoms with E-state index in [4.69, 9.17) is 16.3 Å². The van der Waals surface area contributed by atoms with Crippen molar-refractivity contribution in [2.24, 2.45) is 11.3 Å². The Hall–Kier alpha value is -2.35. The molecule has 1 N–H and O–H groups in total. The maximum absolute atomic E-state index is 12.7. The Morgan fingerprint density at radius 2 is 2.23 bits per heavy atom. The van der Waals surface area contributed by atoms with Gasteiger partial charge in [0, 0.05) is 24.2 Å². The Balaban J connectivity index is 1.74. The summed E-state index contributed by atoms with van der Waals surface area (Å²) in [6.07, 6.45) is 1.23. The number of benzene rings is 1. The maximum atomic E-state index is 12.7. The van der Waals surface area contributed by atoms with Crippen LogP contribution in [0, 0.1) is 21.4 Å². The van der Waals surface area contributed by atoms with E-state index in [2.05, 4.69) is 0 Å². The highest BCUT2D eigenvalue weighted by Crippen LogP contribution is 2.49. The Morgan fingerprint density at radius 3 is 2.85 bits per heavy atom. The van der Waals surface area contributed by atoms with E-state index in [9.17, 15) is 24.8 Å². The second kappa shape index (κ2) is 6.75. The van der Waals surface area contributed by atoms with Crippen molar-refractivity contribution in [2.45, 2.75) is 32.3 Å². The van der Waals surface area contributed by atoms with Gasteiger partial charge in [-0.3, -0.25) is 19.7 Å². The van der Waals surface area contributed by atoms with Crippen LogP contribution in [0.15, 0.2) is 18.2 Å². The lowest BCUT2D eigenvalue weighted by Gasteiger charge is -2.25. The summed E-state index contributed by atoms with van der Waals surface area (Å²) in [4.78, 5) is 36.4. The highest BCUT2D eigenvalue weighted by atomic mass is 35.5. The molecule has 0 spiro atoms. The van der Waals surface area contributed by atoms with Gasteiger partial charge in [-0.05, 0) is 37.8 Å². The van der Waals surface area contributed by atoms with Gasteiger partial charge < -0.3 is 14.7 Å². The number of nitrogens with zero attached hydrogens (tertiary/aromatic N) is 2. The van der Waals surface area contributed by atoms with Gasteiger partial charge in [0.15, 0.2) is 11.9 Å². The number of carbonyl (C=O) groups is 2. The summed E-state index contributed by atoms with van der Waals surface area (Å²) < 4.78 is 5.51. The molecule has 1 heterocycles. The van der Waals surface area contributed by atoms with Gasteiger partial charge in [-0.1, -0.05) is 18.0 Å². The zero-order valence-corrected chi connectivity index (χ0v) is 14.9. The number of hydrogen-bond donors (Lipinski definition) is 1. The van der Waals surface area contributed by atoms with E-state index in [1.165, 1.54) is 24.0 Å². The largest absolute Gasteiger partial charge is 0.481 e. The molecule has 1 aliphatic heterocycles. The van der Waals surface area contributed by atoms with E-state index in [-0.39, 0.29) is 34.8 Å². The fourth-order valence-corrected chi connectivity index (χ4v) is 4.20. The number of hydrogen-bond acceptors (Lipinski definition) is 5. The van der Waals surface area contributed by atoms with Crippen molar-refractivity contribution in [1.82, 2.24) is 4.90 Å². The number of likely N-dealkylation sites (tertiary alicyclic amines) is 1. The molecule has 1 aromatic rings. The smallest absolute Gasteiger partial charge is 0.312 e. The summed E-state index contributed by atoms with van der Waals surface area (Å²) in [6.45, 7) is 2.03. The van der Waals surface area contributed by atoms with Crippen LogP contribution >= 0.6 is 11.6 Å². The zero-order chi connectivity index (χ0) is 19.1. The second-order valence-corrected chi connectivity index (χ2v) is 7.33. The molecule has 3 rings (SSSR count). The summed E-state index contributed by atoms with van der Waals surface area (Å²) in [5.41, 5.74) is -1.20. The minimum absolute atomic E-state index is 0.0485. The number of carboxylic acid groups (broad SMARTS) is 1. The number of fused-ring (bicyclic) bond motifs is 1. The molecule has 1 saturated heterocycles. The van der Waals surface area contributed by atoms with Gasteiger partial charge in [-0.15, -0.1) is 0 Å². The van der Waals surface area contributed by atoms with E-state index in [0.717, 1.165) is 18.9 Å². The van der Waals surface area contributed by atoms with Crippen molar-refractivity contribution in [3.8, 4) is 5.75 Å². The Kier molecular flexibility index (Phi) is 4.79. The van der Waals surface area contributed by atoms with Crippen molar-refractivity contribution in [3.63, 3.8) is 0 Å². The Labute approximate surface area is 154 Å². The van der Waals surface area contributed by atoms with Crippen molar-refractivity contribution in [2.75, 3.05) is 13.1 Å². The van der Waals surface area contributed by atoms with E-state index in [1.54, 1.807) is 0 Å². The standard InChI is InChI=1S/C17H19ClN2O6/c1-10(26-14-5-4-12(18)7-13(14)20(24)25)15(21)19-8-11-3-2-6-17(11,9-19)16(22)23/h4-5,7,10-11H,2-3,6,8-9H2,1H3,(H,22,23)/t10?,11-,17+/m0/s1. The molecule has 2 fully saturated rings. The van der Waals surface area contributed by atoms with Gasteiger partial charge in [-0.2, -0.15) is 0 Å². The fourth-order valence-electron chi connectivity index (χ4n) is 4.04. The van der Waals surface area contributed by atoms with Gasteiger partial charge in [0.25, 0.3) is 5.91 Å². The number of nitro groups is 1. The summed E-state index contributed by atoms with van der Waals surface area (Å²) in [6, 6.07) is 3.95. The average Bonchev–Trinajstić information content (AvgIpc) is 3.13. The van der Waals surface area contributed by atoms with Crippen molar-refractivity contribution in [1.29, 1.82) is 0 Å². The summed E-state index contributed by atoms with van der Waals surface area (Å²) in [5, 5.41) is 20.9. The number of rotatable bonds is 5. The SMILES string of the molecule is CC(Oc1ccc(Cl)cc1[N+](=O)[O-])C(=O)N1C[C@@H]2CCC[C@@]2(C(=O)O)C1. The molecule has 1 unspecified atom stereocenters. The normalized spacial score (nSPS) is 25.6. The molecule has 0 aromatic heterocycles. The molecular weight excluding hydrogens is 364 g/mol. The summed E-state index contributed by atoms with van der Waals surface area (Å²) >= 11 is 5.77. The predicted molar refractivity (Wildman–Crippen MR) is 92.2 cm³/mol. The van der Waals surface area contributed by atoms with E-state index < -0.39 is 22.4 Å². The minimum Gasteiger partial charge on any atom is -0.481 e. The molecule has 0 bridgehead atoms. The third kappa shape index (κ3) is 3.09. The van der Waals surface area contributed by atoms with Crippen molar-refractivity contribution < 1.29 is 24.4 Å². The number of halogens is 1. The zero-order valence-electron chi connectivity index (χ0n) is 14.2. The Morgan fingerprint density at radius 1 is 1.50 bits per heavy atom. The number of ether oxygens (including phenoxy) is 1. The molecule has 26 heavy (non-hydrogen) atoms. The molecular formula is C17H19ClN2O6. The van der Waals surface area contributed by atoms with Crippen LogP contribution < -0.4 is 4.74 Å². The topological polar surface area (TPSA) is 110 Å². The molecule has 8 nitrogen and oxygen atoms in total. The first-order chi connectivity index (χ1) is 12.2. The Bertz CT molecular complexity index is 770. The minimum atomic E-state index is -0.973. The predicted octanol–water partition coefficient (Wildman–Crippen LogP) is 2.73. The van der Waals surface area contributed by atoms with Crippen LogP contribution in [0.2, 0.25) is 5.02 Å². The molecule has 9 heteroatoms. The molecule has 0 radical (unpaired) electrons. The average molecular weight is 383 g/mol. The molecule has 3 atom stereocenters. The van der Waals surface area contributed by atoms with Crippen LogP contribution in [0.4, 0.5) is 5.69 Å². The van der Waals surface area contributed by atoms with Crippen molar-refractivity contribution >= 4 is 29.2 Å². The van der Waals surface area contributed by atoms with Crippen LogP contribution in [0.1, 0.15) is 26.2 Å². The van der Waals surface area contributed by atoms with E-state index in [0.29, 0.717) is 13.0 Å². The molecule has 1 saturated carbocycles. The summed E-state index contributed by atoms with van der Waals surface area (Å²) in [7, 11) is 0. The third-order valence-corrected chi connectivity index (χ3v) is 5.61. The fraction of sp³-hybridized carbons (Fsp3) is 0.529. The van der Waals surface area contributed by atoms with E-state index in [1.807, 2.05) is 0 Å². The quantitative estimate of drug-likeness (QED) is 0.619. The van der Waals surface area contributed by atoms with Gasteiger partial charge >= 0.3 is 11.7 Å². The lowest BCUT2D eigenvalue weighted by molar-refractivity contribution is -0.386. The molecule has 1 amide bonds. The van der Waals surface area contributed by atoms with Crippen LogP contribution in [-0.2, 0) is 9.59 Å².